The maximum atomic E-state index is 13.2. The molecular weight excluding hydrogens is 205 g/mol. The molecule has 64 valence electrons. The second-order valence-electron chi connectivity index (χ2n) is 2.53. The van der Waals surface area contributed by atoms with Crippen molar-refractivity contribution in [3.63, 3.8) is 0 Å². The molecule has 1 aromatic carbocycles. The van der Waals surface area contributed by atoms with E-state index >= 15 is 0 Å². The molecule has 0 atom stereocenters. The van der Waals surface area contributed by atoms with Crippen LogP contribution >= 0.6 is 24.0 Å². The predicted molar refractivity (Wildman–Crippen MR) is 53.8 cm³/mol. The van der Waals surface area contributed by atoms with Crippen molar-refractivity contribution in [2.75, 3.05) is 0 Å². The average Bonchev–Trinajstić information content (AvgIpc) is 2.56. The van der Waals surface area contributed by atoms with Gasteiger partial charge in [-0.2, -0.15) is 5.26 Å². The van der Waals surface area contributed by atoms with E-state index in [0.29, 0.717) is 20.5 Å². The second kappa shape index (κ2) is 3.02. The van der Waals surface area contributed by atoms with Crippen LogP contribution in [0.1, 0.15) is 5.56 Å². The number of nitrogens with zero attached hydrogens (tertiary/aromatic N) is 1. The number of rotatable bonds is 0. The van der Waals surface area contributed by atoms with Gasteiger partial charge in [0.2, 0.25) is 0 Å². The van der Waals surface area contributed by atoms with Gasteiger partial charge in [-0.05, 0) is 12.1 Å². The molecule has 4 heteroatoms. The fourth-order valence-electron chi connectivity index (χ4n) is 1.18. The number of halogens is 1. The zero-order valence-electron chi connectivity index (χ0n) is 6.41. The van der Waals surface area contributed by atoms with Gasteiger partial charge in [-0.25, -0.2) is 4.39 Å². The summed E-state index contributed by atoms with van der Waals surface area (Å²) in [5, 5.41) is 11.0. The fourth-order valence-corrected chi connectivity index (χ4v) is 2.49. The summed E-state index contributed by atoms with van der Waals surface area (Å²) in [5.74, 6) is -0.292. The average molecular weight is 209 g/mol. The molecule has 0 aliphatic rings. The summed E-state index contributed by atoms with van der Waals surface area (Å²) in [6, 6.07) is 4.94. The molecule has 1 heterocycles. The lowest BCUT2D eigenvalue weighted by Gasteiger charge is -1.95. The van der Waals surface area contributed by atoms with Crippen LogP contribution in [0.4, 0.5) is 4.39 Å². The lowest BCUT2D eigenvalue weighted by atomic mass is 10.2. The number of nitriles is 1. The van der Waals surface area contributed by atoms with Gasteiger partial charge in [0, 0.05) is 15.7 Å². The zero-order valence-corrected chi connectivity index (χ0v) is 8.12. The van der Waals surface area contributed by atoms with Gasteiger partial charge >= 0.3 is 0 Å². The smallest absolute Gasteiger partial charge is 0.141 e. The molecule has 1 aromatic heterocycles. The van der Waals surface area contributed by atoms with Gasteiger partial charge in [0.15, 0.2) is 0 Å². The Morgan fingerprint density at radius 3 is 2.92 bits per heavy atom. The minimum absolute atomic E-state index is 0.292. The van der Waals surface area contributed by atoms with Gasteiger partial charge in [-0.1, -0.05) is 0 Å². The van der Waals surface area contributed by atoms with Gasteiger partial charge < -0.3 is 0 Å². The molecule has 2 rings (SSSR count). The van der Waals surface area contributed by atoms with Gasteiger partial charge in [0.1, 0.15) is 11.9 Å². The summed E-state index contributed by atoms with van der Waals surface area (Å²) in [7, 11) is 0. The summed E-state index contributed by atoms with van der Waals surface area (Å²) in [6.45, 7) is 0. The van der Waals surface area contributed by atoms with Gasteiger partial charge in [0.25, 0.3) is 0 Å². The number of thiophene rings is 1. The summed E-state index contributed by atoms with van der Waals surface area (Å²) >= 11 is 5.41. The van der Waals surface area contributed by atoms with Crippen molar-refractivity contribution in [2.24, 2.45) is 0 Å². The molecule has 0 bridgehead atoms. The van der Waals surface area contributed by atoms with Crippen LogP contribution in [0.5, 0.6) is 0 Å². The van der Waals surface area contributed by atoms with E-state index in [1.54, 1.807) is 11.4 Å². The Balaban J connectivity index is 2.98. The van der Waals surface area contributed by atoms with Crippen molar-refractivity contribution in [3.8, 4) is 6.07 Å². The summed E-state index contributed by atoms with van der Waals surface area (Å²) in [5.41, 5.74) is 0.490. The topological polar surface area (TPSA) is 23.8 Å². The second-order valence-corrected chi connectivity index (χ2v) is 3.89. The molecule has 1 nitrogen and oxygen atoms in total. The van der Waals surface area contributed by atoms with Crippen molar-refractivity contribution in [3.05, 3.63) is 28.9 Å². The van der Waals surface area contributed by atoms with E-state index in [-0.39, 0.29) is 5.82 Å². The van der Waals surface area contributed by atoms with Crippen LogP contribution in [0.25, 0.3) is 10.1 Å². The molecule has 0 spiro atoms. The standard InChI is InChI=1S/C9H4FNS2/c10-6-1-2-7(12)8-5(3-11)4-13-9(6)8/h1-2,4,12H. The van der Waals surface area contributed by atoms with Crippen molar-refractivity contribution in [2.45, 2.75) is 4.90 Å². The highest BCUT2D eigenvalue weighted by Crippen LogP contribution is 2.32. The molecule has 0 aliphatic carbocycles. The Hall–Kier alpha value is -1.05. The van der Waals surface area contributed by atoms with Gasteiger partial charge in [0.05, 0.1) is 10.3 Å². The van der Waals surface area contributed by atoms with Crippen LogP contribution in [0.2, 0.25) is 0 Å². The molecule has 0 fully saturated rings. The minimum Gasteiger partial charge on any atom is -0.205 e. The maximum absolute atomic E-state index is 13.2. The molecule has 0 unspecified atom stereocenters. The number of hydrogen-bond donors (Lipinski definition) is 1. The monoisotopic (exact) mass is 209 g/mol. The van der Waals surface area contributed by atoms with Crippen LogP contribution < -0.4 is 0 Å². The normalized spacial score (nSPS) is 10.2. The first kappa shape index (κ1) is 8.54. The minimum atomic E-state index is -0.292. The number of benzene rings is 1. The van der Waals surface area contributed by atoms with Crippen molar-refractivity contribution in [1.82, 2.24) is 0 Å². The van der Waals surface area contributed by atoms with Crippen LogP contribution in [0, 0.1) is 17.1 Å². The Bertz CT molecular complexity index is 510. The van der Waals surface area contributed by atoms with Crippen LogP contribution in [0.15, 0.2) is 22.4 Å². The molecule has 0 amide bonds. The van der Waals surface area contributed by atoms with Crippen LogP contribution in [-0.4, -0.2) is 0 Å². The highest BCUT2D eigenvalue weighted by atomic mass is 32.1. The first-order valence-corrected chi connectivity index (χ1v) is 4.85. The van der Waals surface area contributed by atoms with E-state index in [2.05, 4.69) is 12.6 Å². The predicted octanol–water partition coefficient (Wildman–Crippen LogP) is 3.20. The number of thiol groups is 1. The van der Waals surface area contributed by atoms with Crippen molar-refractivity contribution >= 4 is 34.1 Å². The lowest BCUT2D eigenvalue weighted by molar-refractivity contribution is 0.641. The van der Waals surface area contributed by atoms with E-state index in [9.17, 15) is 4.39 Å². The first-order chi connectivity index (χ1) is 6.24. The summed E-state index contributed by atoms with van der Waals surface area (Å²) in [4.78, 5) is 0.647. The van der Waals surface area contributed by atoms with Gasteiger partial charge in [-0.15, -0.1) is 24.0 Å². The molecule has 2 aromatic rings. The van der Waals surface area contributed by atoms with Crippen molar-refractivity contribution in [1.29, 1.82) is 5.26 Å². The quantitative estimate of drug-likeness (QED) is 0.662. The molecule has 0 aliphatic heterocycles. The third-order valence-corrected chi connectivity index (χ3v) is 3.13. The first-order valence-electron chi connectivity index (χ1n) is 3.53. The molecular formula is C9H4FNS2. The largest absolute Gasteiger partial charge is 0.205 e. The Labute approximate surface area is 83.8 Å². The molecule has 0 N–H and O–H groups in total. The van der Waals surface area contributed by atoms with Crippen LogP contribution in [0.3, 0.4) is 0 Å². The van der Waals surface area contributed by atoms with Crippen LogP contribution in [-0.2, 0) is 0 Å². The third kappa shape index (κ3) is 1.21. The third-order valence-electron chi connectivity index (χ3n) is 1.77. The fraction of sp³-hybridized carbons (Fsp3) is 0. The van der Waals surface area contributed by atoms with E-state index < -0.39 is 0 Å². The van der Waals surface area contributed by atoms with Gasteiger partial charge in [-0.3, -0.25) is 0 Å². The van der Waals surface area contributed by atoms with Crippen molar-refractivity contribution < 1.29 is 4.39 Å². The number of hydrogen-bond acceptors (Lipinski definition) is 3. The zero-order chi connectivity index (χ0) is 9.42. The maximum Gasteiger partial charge on any atom is 0.141 e. The van der Waals surface area contributed by atoms with E-state index in [1.165, 1.54) is 17.4 Å². The van der Waals surface area contributed by atoms with E-state index in [1.807, 2.05) is 6.07 Å². The highest BCUT2D eigenvalue weighted by molar-refractivity contribution is 7.80. The molecule has 13 heavy (non-hydrogen) atoms. The Morgan fingerprint density at radius 2 is 2.23 bits per heavy atom. The summed E-state index contributed by atoms with van der Waals surface area (Å²) < 4.78 is 13.7. The van der Waals surface area contributed by atoms with E-state index in [4.69, 9.17) is 5.26 Å². The number of fused-ring (bicyclic) bond motifs is 1. The summed E-state index contributed by atoms with van der Waals surface area (Å²) in [6.07, 6.45) is 0. The van der Waals surface area contributed by atoms with E-state index in [0.717, 1.165) is 0 Å². The molecule has 0 radical (unpaired) electrons. The molecule has 0 saturated heterocycles. The SMILES string of the molecule is N#Cc1csc2c(F)ccc(S)c12. The molecule has 0 saturated carbocycles. The highest BCUT2D eigenvalue weighted by Gasteiger charge is 2.10. The Morgan fingerprint density at radius 1 is 1.46 bits per heavy atom. The Kier molecular flexibility index (Phi) is 1.98. The lowest BCUT2D eigenvalue weighted by Crippen LogP contribution is -1.77.